The molecule has 0 aliphatic rings. The molecule has 0 amide bonds. The zero-order chi connectivity index (χ0) is 20.9. The molecule has 18 heteroatoms. The third-order valence-electron chi connectivity index (χ3n) is 1.26. The van der Waals surface area contributed by atoms with E-state index in [0.29, 0.717) is 6.61 Å². The van der Waals surface area contributed by atoms with Crippen molar-refractivity contribution in [1.82, 2.24) is 0 Å². The molecule has 1 aromatic carbocycles. The fourth-order valence-electron chi connectivity index (χ4n) is 0.771. The topological polar surface area (TPSA) is 9.23 Å². The van der Waals surface area contributed by atoms with E-state index in [2.05, 4.69) is 0 Å². The van der Waals surface area contributed by atoms with Gasteiger partial charge in [0.2, 0.25) is 0 Å². The van der Waals surface area contributed by atoms with Gasteiger partial charge in [-0.25, -0.2) is 0 Å². The number of methoxy groups -OCH3 is 1. The zero-order valence-electron chi connectivity index (χ0n) is 12.1. The van der Waals surface area contributed by atoms with Gasteiger partial charge < -0.3 is 56.5 Å². The van der Waals surface area contributed by atoms with Crippen LogP contribution in [0.3, 0.4) is 0 Å². The van der Waals surface area contributed by atoms with E-state index in [4.69, 9.17) is 16.3 Å². The fourth-order valence-corrected chi connectivity index (χ4v) is 0.961. The molecule has 0 N–H and O–H groups in total. The molecule has 26 heavy (non-hydrogen) atoms. The van der Waals surface area contributed by atoms with Crippen molar-refractivity contribution in [2.75, 3.05) is 7.11 Å². The predicted molar refractivity (Wildman–Crippen MR) is 79.9 cm³/mol. The molecule has 0 heterocycles. The van der Waals surface area contributed by atoms with Gasteiger partial charge in [0.15, 0.2) is 0 Å². The quantitative estimate of drug-likeness (QED) is 0.421. The van der Waals surface area contributed by atoms with Gasteiger partial charge in [-0.2, -0.15) is 0 Å². The molecule has 1 nitrogen and oxygen atoms in total. The Kier molecular flexibility index (Phi) is 20.4. The van der Waals surface area contributed by atoms with Gasteiger partial charge in [0, 0.05) is 12.1 Å². The monoisotopic (exact) mass is 441 g/mol. The zero-order valence-corrected chi connectivity index (χ0v) is 12.8. The number of ether oxygens (including phenoxy) is 1. The molecule has 0 unspecified atom stereocenters. The van der Waals surface area contributed by atoms with Crippen molar-refractivity contribution < 1.29 is 56.5 Å². The van der Waals surface area contributed by atoms with Crippen LogP contribution in [0.4, 0.5) is 51.8 Å². The first-order valence-electron chi connectivity index (χ1n) is 5.69. The molecule has 0 aliphatic carbocycles. The molecule has 0 aliphatic heterocycles. The third-order valence-corrected chi connectivity index (χ3v) is 1.63. The van der Waals surface area contributed by atoms with Crippen LogP contribution in [0, 0.1) is 0 Å². The van der Waals surface area contributed by atoms with Crippen molar-refractivity contribution in [2.45, 2.75) is 6.61 Å². The van der Waals surface area contributed by atoms with Crippen molar-refractivity contribution in [3.8, 4) is 0 Å². The van der Waals surface area contributed by atoms with Crippen LogP contribution in [-0.4, -0.2) is 58.4 Å². The summed E-state index contributed by atoms with van der Waals surface area (Å²) in [7, 11) is -16.3. The van der Waals surface area contributed by atoms with E-state index in [9.17, 15) is 51.8 Å². The standard InChI is InChI=1S/C8H9ClO.3BF4.Na.H/c1-10-6-7-4-2-3-5-8(7)9;3*2-1(3,4)5;;/h2-5H,6H2,1H3;;;;;/q;3*-1;;. The van der Waals surface area contributed by atoms with Gasteiger partial charge in [-0.15, -0.1) is 0 Å². The van der Waals surface area contributed by atoms with E-state index in [1.54, 1.807) is 7.11 Å². The fraction of sp³-hybridized carbons (Fsp3) is 0.250. The first-order chi connectivity index (χ1) is 10.8. The molecule has 0 fully saturated rings. The Hall–Kier alpha value is -0.175. The van der Waals surface area contributed by atoms with E-state index < -0.39 is 21.8 Å². The van der Waals surface area contributed by atoms with Crippen LogP contribution < -0.4 is 0 Å². The number of rotatable bonds is 2. The second-order valence-electron chi connectivity index (χ2n) is 3.51. The summed E-state index contributed by atoms with van der Waals surface area (Å²) in [6.07, 6.45) is 0. The second kappa shape index (κ2) is 15.8. The molecule has 1 aromatic rings. The molecule has 152 valence electrons. The summed E-state index contributed by atoms with van der Waals surface area (Å²) < 4.78 is 122. The summed E-state index contributed by atoms with van der Waals surface area (Å²) in [5.74, 6) is 0. The molecular weight excluding hydrogens is 431 g/mol. The van der Waals surface area contributed by atoms with Gasteiger partial charge >= 0.3 is 51.3 Å². The van der Waals surface area contributed by atoms with Crippen molar-refractivity contribution >= 4 is 62.9 Å². The maximum absolute atomic E-state index is 9.75. The molecule has 0 radical (unpaired) electrons. The van der Waals surface area contributed by atoms with Gasteiger partial charge in [-0.3, -0.25) is 0 Å². The molecule has 1 rings (SSSR count). The van der Waals surface area contributed by atoms with Crippen molar-refractivity contribution in [3.05, 3.63) is 34.9 Å². The van der Waals surface area contributed by atoms with E-state index in [0.717, 1.165) is 10.6 Å². The minimum absolute atomic E-state index is 0. The number of hydrogen-bond donors (Lipinski definition) is 0. The summed E-state index contributed by atoms with van der Waals surface area (Å²) in [4.78, 5) is 0. The van der Waals surface area contributed by atoms with Crippen LogP contribution in [0.1, 0.15) is 5.56 Å². The average molecular weight is 441 g/mol. The van der Waals surface area contributed by atoms with Crippen molar-refractivity contribution in [2.24, 2.45) is 0 Å². The van der Waals surface area contributed by atoms with Crippen molar-refractivity contribution in [3.63, 3.8) is 0 Å². The normalized spacial score (nSPS) is 10.7. The molecule has 0 bridgehead atoms. The van der Waals surface area contributed by atoms with E-state index in [1.807, 2.05) is 24.3 Å². The van der Waals surface area contributed by atoms with Crippen molar-refractivity contribution in [1.29, 1.82) is 0 Å². The molecule has 0 saturated carbocycles. The Balaban J connectivity index is -0.000000132. The van der Waals surface area contributed by atoms with Gasteiger partial charge in [0.05, 0.1) is 6.61 Å². The first-order valence-corrected chi connectivity index (χ1v) is 6.06. The minimum atomic E-state index is -6.00. The van der Waals surface area contributed by atoms with Crippen LogP contribution in [0.15, 0.2) is 24.3 Å². The van der Waals surface area contributed by atoms with Gasteiger partial charge in [0.1, 0.15) is 0 Å². The number of benzene rings is 1. The first kappa shape index (κ1) is 33.4. The predicted octanol–water partition coefficient (Wildman–Crippen LogP) is 5.74. The van der Waals surface area contributed by atoms with E-state index >= 15 is 0 Å². The summed E-state index contributed by atoms with van der Waals surface area (Å²) >= 11 is 5.82. The summed E-state index contributed by atoms with van der Waals surface area (Å²) in [6.45, 7) is 0.583. The average Bonchev–Trinajstić information content (AvgIpc) is 2.25. The summed E-state index contributed by atoms with van der Waals surface area (Å²) in [5.41, 5.74) is 1.03. The second-order valence-corrected chi connectivity index (χ2v) is 3.92. The van der Waals surface area contributed by atoms with Crippen LogP contribution in [0.2, 0.25) is 5.02 Å². The molecule has 0 saturated heterocycles. The third kappa shape index (κ3) is 64.9. The Morgan fingerprint density at radius 2 is 1.00 bits per heavy atom. The van der Waals surface area contributed by atoms with E-state index in [-0.39, 0.29) is 29.6 Å². The SMILES string of the molecule is COCc1ccccc1Cl.F[B-](F)(F)F.F[B-](F)(F)F.F[B-](F)(F)F.[NaH]. The molecule has 0 atom stereocenters. The Morgan fingerprint density at radius 3 is 1.23 bits per heavy atom. The molecule has 0 aromatic heterocycles. The number of halogens is 13. The number of hydrogen-bond acceptors (Lipinski definition) is 1. The van der Waals surface area contributed by atoms with Crippen LogP contribution in [0.5, 0.6) is 0 Å². The molecular formula is C8H10B3ClF12NaO-3. The van der Waals surface area contributed by atoms with Crippen LogP contribution in [0.25, 0.3) is 0 Å². The van der Waals surface area contributed by atoms with Crippen LogP contribution >= 0.6 is 11.6 Å². The van der Waals surface area contributed by atoms with Gasteiger partial charge in [0.25, 0.3) is 0 Å². The van der Waals surface area contributed by atoms with Gasteiger partial charge in [-0.05, 0) is 11.6 Å². The van der Waals surface area contributed by atoms with Crippen LogP contribution in [-0.2, 0) is 11.3 Å². The molecule has 0 spiro atoms. The Morgan fingerprint density at radius 1 is 0.731 bits per heavy atom. The maximum atomic E-state index is 9.75. The Bertz CT molecular complexity index is 409. The Labute approximate surface area is 168 Å². The van der Waals surface area contributed by atoms with E-state index in [1.165, 1.54) is 0 Å². The summed E-state index contributed by atoms with van der Waals surface area (Å²) in [6, 6.07) is 7.66. The van der Waals surface area contributed by atoms with Gasteiger partial charge in [-0.1, -0.05) is 29.8 Å². The summed E-state index contributed by atoms with van der Waals surface area (Å²) in [5, 5.41) is 0.768.